The van der Waals surface area contributed by atoms with E-state index < -0.39 is 17.9 Å². The Balaban J connectivity index is 1.63. The quantitative estimate of drug-likeness (QED) is 0.315. The average molecular weight is 525 g/mol. The number of nitriles is 2. The molecule has 1 aromatic heterocycles. The lowest BCUT2D eigenvalue weighted by molar-refractivity contribution is -0.0130. The average Bonchev–Trinajstić information content (AvgIpc) is 3.40. The van der Waals surface area contributed by atoms with Crippen LogP contribution < -0.4 is 5.73 Å². The summed E-state index contributed by atoms with van der Waals surface area (Å²) < 4.78 is 36.1. The summed E-state index contributed by atoms with van der Waals surface area (Å²) in [6, 6.07) is 22.8. The fourth-order valence-electron chi connectivity index (χ4n) is 5.68. The molecule has 39 heavy (non-hydrogen) atoms. The van der Waals surface area contributed by atoms with Gasteiger partial charge in [-0.15, -0.1) is 5.10 Å². The second-order valence-corrected chi connectivity index (χ2v) is 9.67. The summed E-state index contributed by atoms with van der Waals surface area (Å²) in [5, 5.41) is 26.5. The summed E-state index contributed by atoms with van der Waals surface area (Å²) in [5.41, 5.74) is 7.58. The number of hydrogen-bond acceptors (Lipinski definition) is 7. The molecular weight excluding hydrogens is 498 g/mol. The van der Waals surface area contributed by atoms with Gasteiger partial charge < -0.3 is 10.2 Å². The highest BCUT2D eigenvalue weighted by Gasteiger charge is 2.50. The third kappa shape index (κ3) is 4.52. The number of aromatic nitrogens is 2. The first-order chi connectivity index (χ1) is 18.9. The zero-order valence-corrected chi connectivity index (χ0v) is 21.3. The topological polar surface area (TPSA) is 116 Å². The van der Waals surface area contributed by atoms with Crippen LogP contribution in [0, 0.1) is 28.5 Å². The first-order valence-electron chi connectivity index (χ1n) is 12.7. The van der Waals surface area contributed by atoms with Crippen LogP contribution >= 0.6 is 0 Å². The molecule has 1 aliphatic rings. The Morgan fingerprint density at radius 3 is 2.44 bits per heavy atom. The third-order valence-electron chi connectivity index (χ3n) is 7.80. The minimum atomic E-state index is -1.15. The van der Waals surface area contributed by atoms with Crippen LogP contribution in [0.1, 0.15) is 53.6 Å². The molecule has 196 valence electrons. The van der Waals surface area contributed by atoms with Gasteiger partial charge in [0, 0.05) is 23.6 Å². The van der Waals surface area contributed by atoms with Gasteiger partial charge in [-0.2, -0.15) is 10.5 Å². The lowest BCUT2D eigenvalue weighted by Gasteiger charge is -2.55. The first kappa shape index (κ1) is 26.0. The number of rotatable bonds is 8. The molecule has 1 aliphatic heterocycles. The van der Waals surface area contributed by atoms with Gasteiger partial charge in [0.1, 0.15) is 18.6 Å². The van der Waals surface area contributed by atoms with Crippen LogP contribution in [0.5, 0.6) is 0 Å². The predicted molar refractivity (Wildman–Crippen MR) is 141 cm³/mol. The van der Waals surface area contributed by atoms with Gasteiger partial charge in [0.2, 0.25) is 5.89 Å². The molecule has 0 aliphatic carbocycles. The number of likely N-dealkylation sites (tertiary alicyclic amines) is 1. The van der Waals surface area contributed by atoms with Crippen molar-refractivity contribution in [2.45, 2.75) is 37.3 Å². The van der Waals surface area contributed by atoms with E-state index in [-0.39, 0.29) is 35.1 Å². The second-order valence-electron chi connectivity index (χ2n) is 9.67. The maximum Gasteiger partial charge on any atom is 0.313 e. The highest BCUT2D eigenvalue weighted by atomic mass is 19.1. The largest absolute Gasteiger partial charge is 0.404 e. The summed E-state index contributed by atoms with van der Waals surface area (Å²) in [6.07, 6.45) is 0.999. The van der Waals surface area contributed by atoms with Gasteiger partial charge in [-0.25, -0.2) is 4.39 Å². The van der Waals surface area contributed by atoms with Crippen molar-refractivity contribution in [3.05, 3.63) is 100 Å². The zero-order valence-electron chi connectivity index (χ0n) is 21.3. The van der Waals surface area contributed by atoms with Crippen LogP contribution in [-0.2, 0) is 5.41 Å². The van der Waals surface area contributed by atoms with Gasteiger partial charge in [0.15, 0.2) is 0 Å². The normalized spacial score (nSPS) is 17.4. The number of nitrogens with zero attached hydrogens (tertiary/aromatic N) is 5. The van der Waals surface area contributed by atoms with Crippen molar-refractivity contribution in [3.8, 4) is 23.6 Å². The van der Waals surface area contributed by atoms with Crippen LogP contribution in [0.3, 0.4) is 0 Å². The molecule has 0 spiro atoms. The molecular formula is C30H26F2N6O. The number of benzene rings is 3. The van der Waals surface area contributed by atoms with E-state index in [2.05, 4.69) is 21.2 Å². The molecule has 0 saturated carbocycles. The van der Waals surface area contributed by atoms with Gasteiger partial charge in [-0.05, 0) is 59.9 Å². The molecule has 1 saturated heterocycles. The van der Waals surface area contributed by atoms with Gasteiger partial charge in [-0.3, -0.25) is 9.29 Å². The van der Waals surface area contributed by atoms with E-state index in [1.165, 1.54) is 6.07 Å². The first-order valence-corrected chi connectivity index (χ1v) is 12.7. The molecule has 5 rings (SSSR count). The van der Waals surface area contributed by atoms with Crippen LogP contribution in [0.25, 0.3) is 11.5 Å². The molecule has 3 atom stereocenters. The maximum absolute atomic E-state index is 15.5. The Bertz CT molecular complexity index is 1570. The third-order valence-corrected chi connectivity index (χ3v) is 7.80. The summed E-state index contributed by atoms with van der Waals surface area (Å²) in [6.45, 7) is 1.72. The molecule has 4 aromatic rings. The molecule has 1 unspecified atom stereocenters. The van der Waals surface area contributed by atoms with Crippen molar-refractivity contribution in [2.24, 2.45) is 0 Å². The molecule has 1 fully saturated rings. The van der Waals surface area contributed by atoms with Crippen molar-refractivity contribution in [1.29, 1.82) is 10.5 Å². The Morgan fingerprint density at radius 2 is 1.85 bits per heavy atom. The molecule has 0 radical (unpaired) electrons. The van der Waals surface area contributed by atoms with E-state index in [1.807, 2.05) is 49.4 Å². The monoisotopic (exact) mass is 524 g/mol. The lowest BCUT2D eigenvalue weighted by Crippen LogP contribution is -2.61. The van der Waals surface area contributed by atoms with Crippen LogP contribution in [0.15, 0.2) is 71.1 Å². The van der Waals surface area contributed by atoms with E-state index in [1.54, 1.807) is 24.3 Å². The highest BCUT2D eigenvalue weighted by molar-refractivity contribution is 5.56. The van der Waals surface area contributed by atoms with Crippen molar-refractivity contribution in [2.75, 3.05) is 19.0 Å². The number of alkyl halides is 1. The number of anilines is 1. The Hall–Kier alpha value is -4.60. The van der Waals surface area contributed by atoms with E-state index in [0.29, 0.717) is 30.5 Å². The van der Waals surface area contributed by atoms with Crippen molar-refractivity contribution >= 4 is 6.01 Å². The standard InChI is InChI=1S/C30H26F2N6O/c1-2-30(18-31,24-8-4-7-23(17-34)26(24)32)25-13-14-38(25)27(20-11-9-19(16-33)10-12-20)21-5-3-6-22(15-21)28-36-37-29(35)39-28/h3-12,15,25,27H,2,13-14,18H2,1H3,(H2,35,37)/t25?,27-,30-/m0/s1. The zero-order chi connectivity index (χ0) is 27.6. The van der Waals surface area contributed by atoms with Crippen LogP contribution in [-0.4, -0.2) is 34.4 Å². The van der Waals surface area contributed by atoms with Gasteiger partial charge >= 0.3 is 6.01 Å². The van der Waals surface area contributed by atoms with Gasteiger partial charge in [-0.1, -0.05) is 48.4 Å². The fourth-order valence-corrected chi connectivity index (χ4v) is 5.68. The Morgan fingerprint density at radius 1 is 1.08 bits per heavy atom. The van der Waals surface area contributed by atoms with Crippen molar-refractivity contribution in [1.82, 2.24) is 15.1 Å². The lowest BCUT2D eigenvalue weighted by atomic mass is 9.67. The number of nitrogen functional groups attached to an aromatic ring is 1. The molecule has 7 nitrogen and oxygen atoms in total. The van der Waals surface area contributed by atoms with E-state index in [9.17, 15) is 10.5 Å². The van der Waals surface area contributed by atoms with Gasteiger partial charge in [0.25, 0.3) is 0 Å². The van der Waals surface area contributed by atoms with E-state index in [0.717, 1.165) is 11.1 Å². The van der Waals surface area contributed by atoms with E-state index >= 15 is 8.78 Å². The van der Waals surface area contributed by atoms with Crippen molar-refractivity contribution < 1.29 is 13.2 Å². The molecule has 2 N–H and O–H groups in total. The Kier molecular flexibility index (Phi) is 7.10. The smallest absolute Gasteiger partial charge is 0.313 e. The fraction of sp³-hybridized carbons (Fsp3) is 0.267. The summed E-state index contributed by atoms with van der Waals surface area (Å²) in [5.74, 6) is -0.396. The SMILES string of the molecule is CC[C@](CF)(c1cccc(C#N)c1F)C1CCN1[C@@H](c1ccc(C#N)cc1)c1cccc(-c2nnc(N)o2)c1. The highest BCUT2D eigenvalue weighted by Crippen LogP contribution is 2.47. The van der Waals surface area contributed by atoms with Crippen LogP contribution in [0.2, 0.25) is 0 Å². The predicted octanol–water partition coefficient (Wildman–Crippen LogP) is 5.68. The molecule has 0 amide bonds. The van der Waals surface area contributed by atoms with Gasteiger partial charge in [0.05, 0.1) is 23.2 Å². The maximum atomic E-state index is 15.5. The molecule has 2 heterocycles. The minimum Gasteiger partial charge on any atom is -0.404 e. The molecule has 3 aromatic carbocycles. The molecule has 0 bridgehead atoms. The minimum absolute atomic E-state index is 0.0425. The Labute approximate surface area is 225 Å². The number of halogens is 2. The second kappa shape index (κ2) is 10.6. The summed E-state index contributed by atoms with van der Waals surface area (Å²) in [4.78, 5) is 2.17. The van der Waals surface area contributed by atoms with E-state index in [4.69, 9.17) is 10.2 Å². The van der Waals surface area contributed by atoms with Crippen LogP contribution in [0.4, 0.5) is 14.8 Å². The van der Waals surface area contributed by atoms with Crippen molar-refractivity contribution in [3.63, 3.8) is 0 Å². The number of hydrogen-bond donors (Lipinski definition) is 1. The summed E-state index contributed by atoms with van der Waals surface area (Å²) in [7, 11) is 0. The summed E-state index contributed by atoms with van der Waals surface area (Å²) >= 11 is 0. The number of nitrogens with two attached hydrogens (primary N) is 1. The molecule has 9 heteroatoms.